The highest BCUT2D eigenvalue weighted by Gasteiger charge is 2.21. The fourth-order valence-corrected chi connectivity index (χ4v) is 1.14. The summed E-state index contributed by atoms with van der Waals surface area (Å²) < 4.78 is 0. The Hall–Kier alpha value is -0.0800. The predicted octanol–water partition coefficient (Wildman–Crippen LogP) is 2.65. The van der Waals surface area contributed by atoms with Gasteiger partial charge in [0.15, 0.2) is 0 Å². The molecule has 0 fully saturated rings. The van der Waals surface area contributed by atoms with E-state index in [1.54, 1.807) is 0 Å². The molecule has 92 valence electrons. The number of hydrogen-bond donors (Lipinski definition) is 2. The maximum absolute atomic E-state index is 3.52. The van der Waals surface area contributed by atoms with Crippen LogP contribution in [0.2, 0.25) is 0 Å². The molecule has 2 N–H and O–H groups in total. The third-order valence-electron chi connectivity index (χ3n) is 3.10. The van der Waals surface area contributed by atoms with E-state index in [-0.39, 0.29) is 5.54 Å². The van der Waals surface area contributed by atoms with Crippen molar-refractivity contribution in [3.8, 4) is 0 Å². The van der Waals surface area contributed by atoms with Crippen molar-refractivity contribution in [1.29, 1.82) is 0 Å². The Labute approximate surface area is 96.2 Å². The molecule has 0 aliphatic heterocycles. The topological polar surface area (TPSA) is 24.1 Å². The summed E-state index contributed by atoms with van der Waals surface area (Å²) in [5.41, 5.74) is 0.622. The van der Waals surface area contributed by atoms with E-state index >= 15 is 0 Å². The highest BCUT2D eigenvalue weighted by atomic mass is 15.0. The van der Waals surface area contributed by atoms with Crippen LogP contribution in [0.3, 0.4) is 0 Å². The molecule has 0 aliphatic carbocycles. The largest absolute Gasteiger partial charge is 0.315 e. The lowest BCUT2D eigenvalue weighted by atomic mass is 9.81. The van der Waals surface area contributed by atoms with E-state index in [2.05, 4.69) is 59.1 Å². The quantitative estimate of drug-likeness (QED) is 0.664. The van der Waals surface area contributed by atoms with Gasteiger partial charge in [-0.2, -0.15) is 0 Å². The van der Waals surface area contributed by atoms with Gasteiger partial charge in [0, 0.05) is 25.2 Å². The van der Waals surface area contributed by atoms with E-state index in [9.17, 15) is 0 Å². The molecule has 2 nitrogen and oxygen atoms in total. The van der Waals surface area contributed by atoms with E-state index in [0.717, 1.165) is 25.6 Å². The first-order valence-electron chi connectivity index (χ1n) is 6.11. The van der Waals surface area contributed by atoms with Crippen LogP contribution in [-0.4, -0.2) is 25.2 Å². The molecule has 0 heterocycles. The minimum absolute atomic E-state index is 0.231. The van der Waals surface area contributed by atoms with Crippen LogP contribution in [0.15, 0.2) is 0 Å². The van der Waals surface area contributed by atoms with Gasteiger partial charge in [-0.3, -0.25) is 0 Å². The molecule has 0 atom stereocenters. The molecule has 0 aromatic carbocycles. The second-order valence-corrected chi connectivity index (χ2v) is 6.50. The summed E-state index contributed by atoms with van der Waals surface area (Å²) in [6.07, 6.45) is 0. The van der Waals surface area contributed by atoms with Crippen molar-refractivity contribution in [2.75, 3.05) is 19.6 Å². The number of nitrogens with one attached hydrogen (secondary N) is 2. The van der Waals surface area contributed by atoms with Crippen LogP contribution in [-0.2, 0) is 0 Å². The lowest BCUT2D eigenvalue weighted by Crippen LogP contribution is -2.42. The van der Waals surface area contributed by atoms with E-state index in [1.807, 2.05) is 0 Å². The summed E-state index contributed by atoms with van der Waals surface area (Å²) in [5, 5.41) is 6.99. The summed E-state index contributed by atoms with van der Waals surface area (Å²) in [6, 6.07) is 0. The summed E-state index contributed by atoms with van der Waals surface area (Å²) in [4.78, 5) is 0. The standard InChI is InChI=1S/C13H30N2/c1-11(2)13(6,7)10-14-8-9-15-12(3,4)5/h11,14-15H,8-10H2,1-7H3. The lowest BCUT2D eigenvalue weighted by Gasteiger charge is -2.30. The zero-order valence-electron chi connectivity index (χ0n) is 11.7. The zero-order valence-corrected chi connectivity index (χ0v) is 11.7. The first-order valence-corrected chi connectivity index (χ1v) is 6.11. The van der Waals surface area contributed by atoms with Gasteiger partial charge < -0.3 is 10.6 Å². The molecule has 0 rings (SSSR count). The monoisotopic (exact) mass is 214 g/mol. The van der Waals surface area contributed by atoms with Gasteiger partial charge in [-0.05, 0) is 32.1 Å². The maximum atomic E-state index is 3.52. The van der Waals surface area contributed by atoms with Gasteiger partial charge in [-0.1, -0.05) is 27.7 Å². The van der Waals surface area contributed by atoms with Gasteiger partial charge in [-0.25, -0.2) is 0 Å². The van der Waals surface area contributed by atoms with Crippen molar-refractivity contribution in [3.63, 3.8) is 0 Å². The highest BCUT2D eigenvalue weighted by molar-refractivity contribution is 4.76. The average molecular weight is 214 g/mol. The molecule has 0 amide bonds. The molecule has 0 saturated heterocycles. The van der Waals surface area contributed by atoms with Gasteiger partial charge in [0.2, 0.25) is 0 Å². The van der Waals surface area contributed by atoms with Gasteiger partial charge >= 0.3 is 0 Å². The van der Waals surface area contributed by atoms with Gasteiger partial charge in [0.05, 0.1) is 0 Å². The third-order valence-corrected chi connectivity index (χ3v) is 3.10. The Kier molecular flexibility index (Phi) is 5.82. The van der Waals surface area contributed by atoms with Crippen LogP contribution >= 0.6 is 0 Å². The SMILES string of the molecule is CC(C)C(C)(C)CNCCNC(C)(C)C. The summed E-state index contributed by atoms with van der Waals surface area (Å²) >= 11 is 0. The van der Waals surface area contributed by atoms with Crippen molar-refractivity contribution in [2.24, 2.45) is 11.3 Å². The Balaban J connectivity index is 3.55. The first-order chi connectivity index (χ1) is 6.65. The average Bonchev–Trinajstić information content (AvgIpc) is 2.00. The summed E-state index contributed by atoms with van der Waals surface area (Å²) in [5.74, 6) is 0.723. The maximum Gasteiger partial charge on any atom is 0.00970 e. The van der Waals surface area contributed by atoms with Crippen LogP contribution in [0.25, 0.3) is 0 Å². The van der Waals surface area contributed by atoms with Crippen molar-refractivity contribution in [2.45, 2.75) is 54.0 Å². The van der Waals surface area contributed by atoms with Gasteiger partial charge in [0.25, 0.3) is 0 Å². The molecular weight excluding hydrogens is 184 g/mol. The predicted molar refractivity (Wildman–Crippen MR) is 69.2 cm³/mol. The van der Waals surface area contributed by atoms with E-state index in [4.69, 9.17) is 0 Å². The second-order valence-electron chi connectivity index (χ2n) is 6.50. The molecular formula is C13H30N2. The number of rotatable bonds is 6. The zero-order chi connectivity index (χ0) is 12.1. The Morgan fingerprint density at radius 1 is 0.933 bits per heavy atom. The van der Waals surface area contributed by atoms with Gasteiger partial charge in [0.1, 0.15) is 0 Å². The normalized spacial score (nSPS) is 13.6. The van der Waals surface area contributed by atoms with Crippen LogP contribution in [0.5, 0.6) is 0 Å². The molecule has 0 aliphatic rings. The van der Waals surface area contributed by atoms with Crippen LogP contribution < -0.4 is 10.6 Å². The molecule has 0 aromatic rings. The third kappa shape index (κ3) is 7.80. The Morgan fingerprint density at radius 3 is 1.87 bits per heavy atom. The van der Waals surface area contributed by atoms with Crippen molar-refractivity contribution in [3.05, 3.63) is 0 Å². The molecule has 0 aromatic heterocycles. The van der Waals surface area contributed by atoms with Crippen molar-refractivity contribution in [1.82, 2.24) is 10.6 Å². The van der Waals surface area contributed by atoms with Crippen molar-refractivity contribution < 1.29 is 0 Å². The molecule has 0 bridgehead atoms. The lowest BCUT2D eigenvalue weighted by molar-refractivity contribution is 0.238. The molecule has 2 heteroatoms. The molecule has 15 heavy (non-hydrogen) atoms. The molecule has 0 radical (unpaired) electrons. The Morgan fingerprint density at radius 2 is 1.47 bits per heavy atom. The fourth-order valence-electron chi connectivity index (χ4n) is 1.14. The minimum Gasteiger partial charge on any atom is -0.315 e. The molecule has 0 unspecified atom stereocenters. The van der Waals surface area contributed by atoms with E-state index < -0.39 is 0 Å². The smallest absolute Gasteiger partial charge is 0.00970 e. The van der Waals surface area contributed by atoms with Crippen molar-refractivity contribution >= 4 is 0 Å². The summed E-state index contributed by atoms with van der Waals surface area (Å²) in [7, 11) is 0. The van der Waals surface area contributed by atoms with Crippen LogP contribution in [0, 0.1) is 11.3 Å². The highest BCUT2D eigenvalue weighted by Crippen LogP contribution is 2.24. The fraction of sp³-hybridized carbons (Fsp3) is 1.00. The van der Waals surface area contributed by atoms with E-state index in [1.165, 1.54) is 0 Å². The minimum atomic E-state index is 0.231. The first kappa shape index (κ1) is 14.9. The van der Waals surface area contributed by atoms with Crippen LogP contribution in [0.1, 0.15) is 48.5 Å². The molecule has 0 saturated carbocycles. The number of hydrogen-bond acceptors (Lipinski definition) is 2. The van der Waals surface area contributed by atoms with Gasteiger partial charge in [-0.15, -0.1) is 0 Å². The Bertz CT molecular complexity index is 166. The summed E-state index contributed by atoms with van der Waals surface area (Å²) in [6.45, 7) is 19.0. The second kappa shape index (κ2) is 5.86. The van der Waals surface area contributed by atoms with Crippen LogP contribution in [0.4, 0.5) is 0 Å². The van der Waals surface area contributed by atoms with E-state index in [0.29, 0.717) is 5.41 Å². The molecule has 0 spiro atoms.